The highest BCUT2D eigenvalue weighted by molar-refractivity contribution is 7.89. The van der Waals surface area contributed by atoms with E-state index in [4.69, 9.17) is 5.11 Å². The van der Waals surface area contributed by atoms with E-state index in [1.165, 1.54) is 5.57 Å². The van der Waals surface area contributed by atoms with E-state index >= 15 is 0 Å². The van der Waals surface area contributed by atoms with Crippen LogP contribution in [0.25, 0.3) is 0 Å². The summed E-state index contributed by atoms with van der Waals surface area (Å²) < 4.78 is 27.0. The first-order chi connectivity index (χ1) is 9.42. The van der Waals surface area contributed by atoms with Crippen LogP contribution in [-0.2, 0) is 10.0 Å². The highest BCUT2D eigenvalue weighted by Crippen LogP contribution is 2.27. The molecule has 1 aromatic heterocycles. The minimum absolute atomic E-state index is 0.101. The molecule has 0 fully saturated rings. The lowest BCUT2D eigenvalue weighted by atomic mass is 10.2. The molecular formula is C13H17NO4S2. The average molecular weight is 315 g/mol. The summed E-state index contributed by atoms with van der Waals surface area (Å²) in [5, 5.41) is 10.6. The molecule has 0 amide bonds. The van der Waals surface area contributed by atoms with Crippen molar-refractivity contribution >= 4 is 27.3 Å². The van der Waals surface area contributed by atoms with E-state index in [1.807, 2.05) is 0 Å². The van der Waals surface area contributed by atoms with Crippen molar-refractivity contribution in [3.63, 3.8) is 0 Å². The molecule has 20 heavy (non-hydrogen) atoms. The second-order valence-electron chi connectivity index (χ2n) is 4.78. The summed E-state index contributed by atoms with van der Waals surface area (Å²) in [5.41, 5.74) is 1.74. The second-order valence-corrected chi connectivity index (χ2v) is 7.37. The lowest BCUT2D eigenvalue weighted by molar-refractivity contribution is 0.0698. The van der Waals surface area contributed by atoms with Crippen molar-refractivity contribution in [2.45, 2.75) is 37.5 Å². The molecule has 0 bridgehead atoms. The van der Waals surface area contributed by atoms with Crippen LogP contribution in [0.5, 0.6) is 0 Å². The molecule has 1 aliphatic rings. The van der Waals surface area contributed by atoms with E-state index in [-0.39, 0.29) is 9.77 Å². The summed E-state index contributed by atoms with van der Waals surface area (Å²) in [7, 11) is -3.76. The Morgan fingerprint density at radius 1 is 1.50 bits per heavy atom. The number of hydrogen-bond donors (Lipinski definition) is 2. The Morgan fingerprint density at radius 2 is 2.25 bits per heavy atom. The lowest BCUT2D eigenvalue weighted by Crippen LogP contribution is -2.26. The van der Waals surface area contributed by atoms with Crippen LogP contribution in [-0.4, -0.2) is 26.0 Å². The van der Waals surface area contributed by atoms with Crippen LogP contribution in [0.1, 0.15) is 40.9 Å². The van der Waals surface area contributed by atoms with Crippen molar-refractivity contribution in [2.75, 3.05) is 6.54 Å². The zero-order chi connectivity index (χ0) is 14.8. The summed E-state index contributed by atoms with van der Waals surface area (Å²) in [6, 6.07) is 0. The minimum Gasteiger partial charge on any atom is -0.477 e. The van der Waals surface area contributed by atoms with Gasteiger partial charge in [0.25, 0.3) is 0 Å². The highest BCUT2D eigenvalue weighted by atomic mass is 32.2. The Balaban J connectivity index is 2.10. The molecule has 0 radical (unpaired) electrons. The summed E-state index contributed by atoms with van der Waals surface area (Å²) in [6.07, 6.45) is 6.06. The fourth-order valence-corrected chi connectivity index (χ4v) is 4.96. The van der Waals surface area contributed by atoms with Gasteiger partial charge in [0, 0.05) is 6.54 Å². The van der Waals surface area contributed by atoms with Crippen molar-refractivity contribution in [2.24, 2.45) is 0 Å². The maximum absolute atomic E-state index is 12.2. The Morgan fingerprint density at radius 3 is 2.85 bits per heavy atom. The van der Waals surface area contributed by atoms with E-state index in [9.17, 15) is 13.2 Å². The molecule has 1 aliphatic carbocycles. The molecule has 0 saturated carbocycles. The molecular weight excluding hydrogens is 298 g/mol. The van der Waals surface area contributed by atoms with Crippen LogP contribution >= 0.6 is 11.3 Å². The highest BCUT2D eigenvalue weighted by Gasteiger charge is 2.26. The molecule has 0 saturated heterocycles. The molecule has 1 aromatic rings. The Kier molecular flexibility index (Phi) is 4.62. The molecule has 0 unspecified atom stereocenters. The molecule has 7 heteroatoms. The molecule has 2 rings (SSSR count). The molecule has 2 N–H and O–H groups in total. The SMILES string of the molecule is Cc1csc(C(=O)O)c1S(=O)(=O)NCCC1=CCCC1. The van der Waals surface area contributed by atoms with Crippen molar-refractivity contribution in [1.29, 1.82) is 0 Å². The van der Waals surface area contributed by atoms with Crippen LogP contribution in [0, 0.1) is 6.92 Å². The predicted molar refractivity (Wildman–Crippen MR) is 77.8 cm³/mol. The van der Waals surface area contributed by atoms with Gasteiger partial charge >= 0.3 is 5.97 Å². The molecule has 5 nitrogen and oxygen atoms in total. The number of aromatic carboxylic acids is 1. The maximum Gasteiger partial charge on any atom is 0.347 e. The van der Waals surface area contributed by atoms with Gasteiger partial charge in [0.1, 0.15) is 9.77 Å². The fourth-order valence-electron chi connectivity index (χ4n) is 2.30. The third-order valence-corrected chi connectivity index (χ3v) is 6.12. The third-order valence-electron chi connectivity index (χ3n) is 3.25. The van der Waals surface area contributed by atoms with Crippen LogP contribution in [0.4, 0.5) is 0 Å². The van der Waals surface area contributed by atoms with Gasteiger partial charge in [-0.1, -0.05) is 11.6 Å². The van der Waals surface area contributed by atoms with Gasteiger partial charge in [-0.15, -0.1) is 11.3 Å². The summed E-state index contributed by atoms with van der Waals surface area (Å²) in [6.45, 7) is 1.92. The Labute approximate surface area is 122 Å². The normalized spacial score (nSPS) is 15.3. The van der Waals surface area contributed by atoms with E-state index < -0.39 is 16.0 Å². The van der Waals surface area contributed by atoms with Gasteiger partial charge in [-0.2, -0.15) is 0 Å². The van der Waals surface area contributed by atoms with Crippen molar-refractivity contribution < 1.29 is 18.3 Å². The number of carbonyl (C=O) groups is 1. The van der Waals surface area contributed by atoms with Gasteiger partial charge in [0.2, 0.25) is 10.0 Å². The number of carboxylic acid groups (broad SMARTS) is 1. The van der Waals surface area contributed by atoms with Crippen molar-refractivity contribution in [3.8, 4) is 0 Å². The number of aryl methyl sites for hydroxylation is 1. The smallest absolute Gasteiger partial charge is 0.347 e. The van der Waals surface area contributed by atoms with Crippen LogP contribution in [0.3, 0.4) is 0 Å². The molecule has 0 atom stereocenters. The number of sulfonamides is 1. The van der Waals surface area contributed by atoms with Gasteiger partial charge in [0.15, 0.2) is 0 Å². The van der Waals surface area contributed by atoms with E-state index in [0.717, 1.165) is 30.6 Å². The van der Waals surface area contributed by atoms with Crippen LogP contribution < -0.4 is 4.72 Å². The molecule has 0 spiro atoms. The zero-order valence-electron chi connectivity index (χ0n) is 11.2. The fraction of sp³-hybridized carbons (Fsp3) is 0.462. The largest absolute Gasteiger partial charge is 0.477 e. The van der Waals surface area contributed by atoms with Gasteiger partial charge in [-0.3, -0.25) is 0 Å². The van der Waals surface area contributed by atoms with Crippen LogP contribution in [0.15, 0.2) is 21.9 Å². The molecule has 1 heterocycles. The number of hydrogen-bond acceptors (Lipinski definition) is 4. The van der Waals surface area contributed by atoms with E-state index in [1.54, 1.807) is 12.3 Å². The number of thiophene rings is 1. The molecule has 0 aliphatic heterocycles. The first-order valence-corrected chi connectivity index (χ1v) is 8.77. The number of rotatable bonds is 6. The quantitative estimate of drug-likeness (QED) is 0.790. The topological polar surface area (TPSA) is 83.5 Å². The standard InChI is InChI=1S/C13H17NO4S2/c1-9-8-19-11(13(15)16)12(9)20(17,18)14-7-6-10-4-2-3-5-10/h4,8,14H,2-3,5-7H2,1H3,(H,15,16). The first kappa shape index (κ1) is 15.2. The summed E-state index contributed by atoms with van der Waals surface area (Å²) in [4.78, 5) is 10.8. The van der Waals surface area contributed by atoms with Gasteiger partial charge in [-0.05, 0) is 43.6 Å². The lowest BCUT2D eigenvalue weighted by Gasteiger charge is -2.08. The minimum atomic E-state index is -3.76. The molecule has 0 aromatic carbocycles. The van der Waals surface area contributed by atoms with Crippen molar-refractivity contribution in [3.05, 3.63) is 27.5 Å². The van der Waals surface area contributed by atoms with E-state index in [0.29, 0.717) is 18.5 Å². The second kappa shape index (κ2) is 6.07. The van der Waals surface area contributed by atoms with Gasteiger partial charge in [0.05, 0.1) is 0 Å². The first-order valence-electron chi connectivity index (χ1n) is 6.41. The monoisotopic (exact) mass is 315 g/mol. The van der Waals surface area contributed by atoms with Gasteiger partial charge < -0.3 is 5.11 Å². The third kappa shape index (κ3) is 3.28. The Bertz CT molecular complexity index is 643. The Hall–Kier alpha value is -1.18. The number of allylic oxidation sites excluding steroid dienone is 1. The summed E-state index contributed by atoms with van der Waals surface area (Å²) >= 11 is 0.940. The van der Waals surface area contributed by atoms with E-state index in [2.05, 4.69) is 10.8 Å². The molecule has 110 valence electrons. The number of carboxylic acids is 1. The number of nitrogens with one attached hydrogen (secondary N) is 1. The summed E-state index contributed by atoms with van der Waals surface area (Å²) in [5.74, 6) is -1.21. The van der Waals surface area contributed by atoms with Crippen molar-refractivity contribution in [1.82, 2.24) is 4.72 Å². The maximum atomic E-state index is 12.2. The predicted octanol–water partition coefficient (Wildman–Crippen LogP) is 2.53. The van der Waals surface area contributed by atoms with Gasteiger partial charge in [-0.25, -0.2) is 17.9 Å². The zero-order valence-corrected chi connectivity index (χ0v) is 12.8. The van der Waals surface area contributed by atoms with Crippen LogP contribution in [0.2, 0.25) is 0 Å². The average Bonchev–Trinajstić information content (AvgIpc) is 2.98.